The van der Waals surface area contributed by atoms with Crippen LogP contribution in [0.2, 0.25) is 0 Å². The van der Waals surface area contributed by atoms with Gasteiger partial charge in [0.2, 0.25) is 0 Å². The minimum Gasteiger partial charge on any atom is -0.359 e. The maximum atomic E-state index is 14.8. The molecule has 3 rings (SSSR count). The van der Waals surface area contributed by atoms with E-state index in [2.05, 4.69) is 35.8 Å². The summed E-state index contributed by atoms with van der Waals surface area (Å²) in [5.41, 5.74) is 5.24. The molecule has 0 unspecified atom stereocenters. The van der Waals surface area contributed by atoms with Gasteiger partial charge in [0.05, 0.1) is 5.69 Å². The molecular weight excluding hydrogens is 289 g/mol. The van der Waals surface area contributed by atoms with Gasteiger partial charge in [-0.2, -0.15) is 4.39 Å². The molecule has 1 aliphatic heterocycles. The van der Waals surface area contributed by atoms with Crippen LogP contribution in [0, 0.1) is 33.6 Å². The van der Waals surface area contributed by atoms with Crippen molar-refractivity contribution < 1.29 is 4.39 Å². The second kappa shape index (κ2) is 5.44. The van der Waals surface area contributed by atoms with E-state index in [1.54, 1.807) is 10.6 Å². The Morgan fingerprint density at radius 3 is 2.04 bits per heavy atom. The predicted molar refractivity (Wildman–Crippen MR) is 93.5 cm³/mol. The van der Waals surface area contributed by atoms with Crippen LogP contribution in [-0.4, -0.2) is 22.7 Å². The Hall–Kier alpha value is -2.23. The molecule has 0 radical (unpaired) electrons. The maximum Gasteiger partial charge on any atom is 0.200 e. The summed E-state index contributed by atoms with van der Waals surface area (Å²) in [6.45, 7) is 10.2. The number of hydrogen-bond acceptors (Lipinski definition) is 2. The van der Waals surface area contributed by atoms with E-state index in [1.165, 1.54) is 5.56 Å². The Labute approximate surface area is 137 Å². The van der Waals surface area contributed by atoms with Gasteiger partial charge in [0.15, 0.2) is 5.95 Å². The van der Waals surface area contributed by atoms with Crippen LogP contribution in [0.15, 0.2) is 30.6 Å². The van der Waals surface area contributed by atoms with Crippen molar-refractivity contribution >= 4 is 5.82 Å². The SMILES string of the molecule is Cc1cc(C)c(-n2c(F)cc(C)c2N2C=CN(C)[C@@H]2C)c(C)c1. The zero-order valence-corrected chi connectivity index (χ0v) is 14.7. The lowest BCUT2D eigenvalue weighted by Crippen LogP contribution is -2.35. The summed E-state index contributed by atoms with van der Waals surface area (Å²) in [4.78, 5) is 4.24. The van der Waals surface area contributed by atoms with Crippen LogP contribution in [0.3, 0.4) is 0 Å². The molecule has 122 valence electrons. The van der Waals surface area contributed by atoms with E-state index in [9.17, 15) is 4.39 Å². The number of aryl methyl sites for hydroxylation is 4. The van der Waals surface area contributed by atoms with Crippen molar-refractivity contribution in [2.75, 3.05) is 11.9 Å². The van der Waals surface area contributed by atoms with Gasteiger partial charge in [0.25, 0.3) is 0 Å². The summed E-state index contributed by atoms with van der Waals surface area (Å²) in [5, 5.41) is 0. The standard InChI is InChI=1S/C19H24FN3/c1-12-9-13(2)18(14(3)10-12)23-17(20)11-15(4)19(23)22-8-7-21(6)16(22)5/h7-11,16H,1-6H3/t16-/m0/s1. The molecule has 0 saturated carbocycles. The second-order valence-electron chi connectivity index (χ2n) is 6.56. The highest BCUT2D eigenvalue weighted by Crippen LogP contribution is 2.35. The number of nitrogens with zero attached hydrogens (tertiary/aromatic N) is 3. The van der Waals surface area contributed by atoms with Gasteiger partial charge in [-0.25, -0.2) is 0 Å². The average Bonchev–Trinajstić information content (AvgIpc) is 2.90. The van der Waals surface area contributed by atoms with Gasteiger partial charge in [-0.15, -0.1) is 0 Å². The molecule has 0 amide bonds. The summed E-state index contributed by atoms with van der Waals surface area (Å²) >= 11 is 0. The lowest BCUT2D eigenvalue weighted by Gasteiger charge is -2.29. The molecule has 0 saturated heterocycles. The Morgan fingerprint density at radius 1 is 0.913 bits per heavy atom. The fraction of sp³-hybridized carbons (Fsp3) is 0.368. The number of benzene rings is 1. The Morgan fingerprint density at radius 2 is 1.52 bits per heavy atom. The fourth-order valence-electron chi connectivity index (χ4n) is 3.51. The highest BCUT2D eigenvalue weighted by molar-refractivity contribution is 5.62. The molecule has 23 heavy (non-hydrogen) atoms. The van der Waals surface area contributed by atoms with Gasteiger partial charge in [-0.1, -0.05) is 17.7 Å². The van der Waals surface area contributed by atoms with Crippen LogP contribution >= 0.6 is 0 Å². The number of hydrogen-bond donors (Lipinski definition) is 0. The van der Waals surface area contributed by atoms with Crippen molar-refractivity contribution in [2.45, 2.75) is 40.8 Å². The zero-order valence-electron chi connectivity index (χ0n) is 14.7. The molecule has 1 aromatic carbocycles. The molecule has 3 nitrogen and oxygen atoms in total. The first-order valence-electron chi connectivity index (χ1n) is 7.96. The van der Waals surface area contributed by atoms with Gasteiger partial charge in [-0.05, 0) is 57.4 Å². The maximum absolute atomic E-state index is 14.8. The van der Waals surface area contributed by atoms with Crippen LogP contribution in [-0.2, 0) is 0 Å². The summed E-state index contributed by atoms with van der Waals surface area (Å²) in [5.74, 6) is 0.674. The van der Waals surface area contributed by atoms with Gasteiger partial charge in [0.1, 0.15) is 12.0 Å². The van der Waals surface area contributed by atoms with E-state index in [0.717, 1.165) is 28.2 Å². The molecule has 1 atom stereocenters. The van der Waals surface area contributed by atoms with Crippen molar-refractivity contribution in [3.8, 4) is 5.69 Å². The van der Waals surface area contributed by atoms with Crippen LogP contribution in [0.25, 0.3) is 5.69 Å². The third-order valence-electron chi connectivity index (χ3n) is 4.67. The predicted octanol–water partition coefficient (Wildman–Crippen LogP) is 4.42. The molecular formula is C19H24FN3. The third-order valence-corrected chi connectivity index (χ3v) is 4.67. The fourth-order valence-corrected chi connectivity index (χ4v) is 3.51. The average molecular weight is 313 g/mol. The number of aromatic nitrogens is 1. The normalized spacial score (nSPS) is 17.4. The van der Waals surface area contributed by atoms with E-state index in [0.29, 0.717) is 0 Å². The minimum absolute atomic E-state index is 0.160. The molecule has 0 N–H and O–H groups in total. The van der Waals surface area contributed by atoms with E-state index >= 15 is 0 Å². The monoisotopic (exact) mass is 313 g/mol. The number of halogens is 1. The van der Waals surface area contributed by atoms with Crippen LogP contribution in [0.5, 0.6) is 0 Å². The first-order valence-corrected chi connectivity index (χ1v) is 7.96. The van der Waals surface area contributed by atoms with E-state index in [1.807, 2.05) is 40.2 Å². The smallest absolute Gasteiger partial charge is 0.200 e. The summed E-state index contributed by atoms with van der Waals surface area (Å²) in [6, 6.07) is 5.83. The molecule has 0 spiro atoms. The Balaban J connectivity index is 2.24. The van der Waals surface area contributed by atoms with E-state index < -0.39 is 0 Å². The highest BCUT2D eigenvalue weighted by Gasteiger charge is 2.27. The second-order valence-corrected chi connectivity index (χ2v) is 6.56. The quantitative estimate of drug-likeness (QED) is 0.813. The summed E-state index contributed by atoms with van der Waals surface area (Å²) in [7, 11) is 2.03. The molecule has 4 heteroatoms. The Bertz CT molecular complexity index is 765. The van der Waals surface area contributed by atoms with Crippen LogP contribution < -0.4 is 4.90 Å². The van der Waals surface area contributed by atoms with E-state index in [4.69, 9.17) is 0 Å². The van der Waals surface area contributed by atoms with Crippen molar-refractivity contribution in [3.63, 3.8) is 0 Å². The topological polar surface area (TPSA) is 11.4 Å². The number of rotatable bonds is 2. The molecule has 0 aliphatic carbocycles. The number of anilines is 1. The molecule has 1 aromatic heterocycles. The van der Waals surface area contributed by atoms with Crippen LogP contribution in [0.4, 0.5) is 10.2 Å². The highest BCUT2D eigenvalue weighted by atomic mass is 19.1. The van der Waals surface area contributed by atoms with Crippen molar-refractivity contribution in [1.82, 2.24) is 9.47 Å². The molecule has 2 aromatic rings. The summed E-state index contributed by atoms with van der Waals surface area (Å²) < 4.78 is 16.5. The van der Waals surface area contributed by atoms with Gasteiger partial charge < -0.3 is 9.80 Å². The third kappa shape index (κ3) is 2.42. The molecule has 2 heterocycles. The van der Waals surface area contributed by atoms with Gasteiger partial charge in [-0.3, -0.25) is 4.57 Å². The minimum atomic E-state index is -0.220. The van der Waals surface area contributed by atoms with Crippen molar-refractivity contribution in [2.24, 2.45) is 0 Å². The first-order chi connectivity index (χ1) is 10.8. The largest absolute Gasteiger partial charge is 0.359 e. The summed E-state index contributed by atoms with van der Waals surface area (Å²) in [6.07, 6.45) is 4.20. The van der Waals surface area contributed by atoms with Crippen molar-refractivity contribution in [3.05, 3.63) is 58.8 Å². The first kappa shape index (κ1) is 15.7. The molecule has 0 bridgehead atoms. The van der Waals surface area contributed by atoms with Crippen molar-refractivity contribution in [1.29, 1.82) is 0 Å². The van der Waals surface area contributed by atoms with Crippen LogP contribution in [0.1, 0.15) is 29.2 Å². The van der Waals surface area contributed by atoms with Gasteiger partial charge in [0, 0.05) is 19.4 Å². The zero-order chi connectivity index (χ0) is 16.9. The van der Waals surface area contributed by atoms with Gasteiger partial charge >= 0.3 is 0 Å². The molecule has 1 aliphatic rings. The molecule has 0 fully saturated rings. The lowest BCUT2D eigenvalue weighted by molar-refractivity contribution is 0.380. The van der Waals surface area contributed by atoms with E-state index in [-0.39, 0.29) is 12.1 Å². The lowest BCUT2D eigenvalue weighted by atomic mass is 10.0. The Kier molecular flexibility index (Phi) is 3.71.